The molecule has 148 valence electrons. The molecule has 0 saturated carbocycles. The molecule has 0 bridgehead atoms. The van der Waals surface area contributed by atoms with Gasteiger partial charge < -0.3 is 9.47 Å². The van der Waals surface area contributed by atoms with Crippen molar-refractivity contribution in [3.8, 4) is 11.5 Å². The molecule has 0 spiro atoms. The number of halogens is 2. The van der Waals surface area contributed by atoms with Crippen LogP contribution in [0.15, 0.2) is 93.5 Å². The third kappa shape index (κ3) is 6.19. The first-order valence-electron chi connectivity index (χ1n) is 8.63. The highest BCUT2D eigenvalue weighted by Gasteiger charge is 2.30. The zero-order valence-corrected chi connectivity index (χ0v) is 20.3. The molecule has 0 N–H and O–H groups in total. The molecule has 7 heteroatoms. The molecule has 0 aromatic heterocycles. The second-order valence-electron chi connectivity index (χ2n) is 5.79. The Morgan fingerprint density at radius 3 is 1.45 bits per heavy atom. The molecule has 0 unspecified atom stereocenters. The topological polar surface area (TPSA) is 52.6 Å². The van der Waals surface area contributed by atoms with E-state index in [2.05, 4.69) is 24.3 Å². The van der Waals surface area contributed by atoms with Crippen LogP contribution in [0.5, 0.6) is 11.5 Å². The first kappa shape index (κ1) is 22.1. The quantitative estimate of drug-likeness (QED) is 0.114. The molecule has 0 aliphatic carbocycles. The Balaban J connectivity index is 2.12. The summed E-state index contributed by atoms with van der Waals surface area (Å²) in [6.07, 6.45) is 0. The largest absolute Gasteiger partial charge is 0.426 e. The molecule has 3 aromatic rings. The summed E-state index contributed by atoms with van der Waals surface area (Å²) < 4.78 is 11.4. The minimum absolute atomic E-state index is 0.230. The van der Waals surface area contributed by atoms with Crippen LogP contribution in [-0.2, 0) is 20.5 Å². The van der Waals surface area contributed by atoms with E-state index in [1.807, 2.05) is 93.7 Å². The summed E-state index contributed by atoms with van der Waals surface area (Å²) in [4.78, 5) is 26.8. The van der Waals surface area contributed by atoms with Gasteiger partial charge >= 0.3 is 11.9 Å². The number of esters is 2. The summed E-state index contributed by atoms with van der Waals surface area (Å²) >= 11 is 3.91. The first-order valence-corrected chi connectivity index (χ1v) is 12.9. The van der Waals surface area contributed by atoms with Gasteiger partial charge in [-0.1, -0.05) is 81.6 Å². The van der Waals surface area contributed by atoms with E-state index in [4.69, 9.17) is 9.47 Å². The van der Waals surface area contributed by atoms with Gasteiger partial charge in [-0.05, 0) is 24.3 Å². The molecule has 0 amide bonds. The number of carbonyl (C=O) groups is 2. The maximum atomic E-state index is 11.9. The number of hydrogen-bond acceptors (Lipinski definition) is 4. The fourth-order valence-corrected chi connectivity index (χ4v) is 5.07. The van der Waals surface area contributed by atoms with Crippen molar-refractivity contribution in [1.82, 2.24) is 0 Å². The van der Waals surface area contributed by atoms with E-state index >= 15 is 0 Å². The average molecular weight is 631 g/mol. The number of rotatable bonds is 7. The van der Waals surface area contributed by atoms with Gasteiger partial charge in [0.05, 0.1) is 19.8 Å². The van der Waals surface area contributed by atoms with Crippen molar-refractivity contribution in [2.24, 2.45) is 0 Å². The van der Waals surface area contributed by atoms with Crippen molar-refractivity contribution in [2.45, 2.75) is 14.7 Å². The number of ether oxygens (including phenoxy) is 2. The molecule has 3 rings (SSSR count). The lowest BCUT2D eigenvalue weighted by Crippen LogP contribution is -2.12. The molecule has 0 aliphatic rings. The van der Waals surface area contributed by atoms with Crippen LogP contribution < -0.4 is 9.47 Å². The summed E-state index contributed by atoms with van der Waals surface area (Å²) in [5.74, 6) is 0.0241. The van der Waals surface area contributed by atoms with E-state index in [9.17, 15) is 9.59 Å². The summed E-state index contributed by atoms with van der Waals surface area (Å²) in [7, 11) is -0.455. The Bertz CT molecular complexity index is 905. The van der Waals surface area contributed by atoms with E-state index in [1.54, 1.807) is 6.07 Å². The Morgan fingerprint density at radius 2 is 1.07 bits per heavy atom. The van der Waals surface area contributed by atoms with E-state index in [0.717, 1.165) is 14.7 Å². The van der Waals surface area contributed by atoms with Gasteiger partial charge in [0.1, 0.15) is 11.5 Å². The highest BCUT2D eigenvalue weighted by molar-refractivity contribution is 14.1. The molecular formula is C22H17I2O4S+. The van der Waals surface area contributed by atoms with Crippen LogP contribution in [0.4, 0.5) is 0 Å². The summed E-state index contributed by atoms with van der Waals surface area (Å²) in [6.45, 7) is 0. The molecule has 3 aromatic carbocycles. The Morgan fingerprint density at radius 1 is 0.655 bits per heavy atom. The van der Waals surface area contributed by atoms with Gasteiger partial charge in [-0.15, -0.1) is 0 Å². The van der Waals surface area contributed by atoms with E-state index < -0.39 is 10.9 Å². The van der Waals surface area contributed by atoms with Crippen molar-refractivity contribution in [3.05, 3.63) is 78.9 Å². The number of alkyl halides is 2. The maximum absolute atomic E-state index is 11.9. The predicted molar refractivity (Wildman–Crippen MR) is 131 cm³/mol. The fraction of sp³-hybridized carbons (Fsp3) is 0.0909. The zero-order chi connectivity index (χ0) is 20.6. The van der Waals surface area contributed by atoms with E-state index in [-0.39, 0.29) is 20.8 Å². The van der Waals surface area contributed by atoms with Gasteiger partial charge in [-0.3, -0.25) is 9.59 Å². The second-order valence-corrected chi connectivity index (χ2v) is 9.34. The molecule has 0 fully saturated rings. The smallest absolute Gasteiger partial charge is 0.321 e. The minimum atomic E-state index is -0.455. The maximum Gasteiger partial charge on any atom is 0.321 e. The highest BCUT2D eigenvalue weighted by Crippen LogP contribution is 2.35. The molecule has 0 radical (unpaired) electrons. The van der Waals surface area contributed by atoms with Gasteiger partial charge in [0.25, 0.3) is 0 Å². The summed E-state index contributed by atoms with van der Waals surface area (Å²) in [5, 5.41) is 0. The van der Waals surface area contributed by atoms with Crippen molar-refractivity contribution in [2.75, 3.05) is 8.86 Å². The third-order valence-corrected chi connectivity index (χ3v) is 7.17. The van der Waals surface area contributed by atoms with Crippen LogP contribution in [0, 0.1) is 0 Å². The molecular weight excluding hydrogens is 614 g/mol. The molecule has 29 heavy (non-hydrogen) atoms. The third-order valence-electron chi connectivity index (χ3n) is 3.73. The van der Waals surface area contributed by atoms with Crippen LogP contribution in [-0.4, -0.2) is 20.8 Å². The number of hydrogen-bond donors (Lipinski definition) is 0. The average Bonchev–Trinajstić information content (AvgIpc) is 2.75. The van der Waals surface area contributed by atoms with Crippen LogP contribution in [0.1, 0.15) is 0 Å². The lowest BCUT2D eigenvalue weighted by atomic mass is 10.3. The zero-order valence-electron chi connectivity index (χ0n) is 15.2. The van der Waals surface area contributed by atoms with Gasteiger partial charge in [-0.25, -0.2) is 0 Å². The molecule has 4 nitrogen and oxygen atoms in total. The van der Waals surface area contributed by atoms with Crippen molar-refractivity contribution >= 4 is 68.0 Å². The highest BCUT2D eigenvalue weighted by atomic mass is 127. The lowest BCUT2D eigenvalue weighted by molar-refractivity contribution is -0.131. The van der Waals surface area contributed by atoms with Gasteiger partial charge in [0, 0.05) is 18.2 Å². The van der Waals surface area contributed by atoms with Crippen LogP contribution in [0.25, 0.3) is 0 Å². The molecule has 0 atom stereocenters. The van der Waals surface area contributed by atoms with Crippen LogP contribution >= 0.6 is 45.2 Å². The summed E-state index contributed by atoms with van der Waals surface area (Å²) in [6, 6.07) is 25.5. The van der Waals surface area contributed by atoms with E-state index in [0.29, 0.717) is 11.5 Å². The Labute approximate surface area is 199 Å². The van der Waals surface area contributed by atoms with Gasteiger partial charge in [0.15, 0.2) is 14.7 Å². The summed E-state index contributed by atoms with van der Waals surface area (Å²) in [5.41, 5.74) is 0. The van der Waals surface area contributed by atoms with Crippen molar-refractivity contribution in [1.29, 1.82) is 0 Å². The monoisotopic (exact) mass is 631 g/mol. The molecule has 0 heterocycles. The normalized spacial score (nSPS) is 10.6. The number of benzene rings is 3. The van der Waals surface area contributed by atoms with Gasteiger partial charge in [0.2, 0.25) is 0 Å². The lowest BCUT2D eigenvalue weighted by Gasteiger charge is -2.12. The van der Waals surface area contributed by atoms with Crippen LogP contribution in [0.2, 0.25) is 0 Å². The van der Waals surface area contributed by atoms with Gasteiger partial charge in [-0.2, -0.15) is 0 Å². The molecule has 0 aliphatic heterocycles. The predicted octanol–water partition coefficient (Wildman–Crippen LogP) is 5.46. The minimum Gasteiger partial charge on any atom is -0.426 e. The first-order chi connectivity index (χ1) is 14.1. The fourth-order valence-electron chi connectivity index (χ4n) is 2.62. The van der Waals surface area contributed by atoms with Crippen LogP contribution in [0.3, 0.4) is 0 Å². The SMILES string of the molecule is O=C(CI)Oc1cc(OC(=O)CI)cc([S+](c2ccccc2)c2ccccc2)c1. The second kappa shape index (κ2) is 11.0. The van der Waals surface area contributed by atoms with Crippen molar-refractivity contribution < 1.29 is 19.1 Å². The Hall–Kier alpha value is -1.59. The Kier molecular flexibility index (Phi) is 8.37. The standard InChI is InChI=1S/C22H17I2O4S/c23-14-21(25)27-16-11-17(28-22(26)15-24)13-20(12-16)29(18-7-3-1-4-8-18)19-9-5-2-6-10-19/h1-13H,14-15H2/q+1. The number of carbonyl (C=O) groups excluding carboxylic acids is 2. The van der Waals surface area contributed by atoms with E-state index in [1.165, 1.54) is 0 Å². The molecule has 0 saturated heterocycles. The van der Waals surface area contributed by atoms with Crippen molar-refractivity contribution in [3.63, 3.8) is 0 Å².